The summed E-state index contributed by atoms with van der Waals surface area (Å²) in [5, 5.41) is 12.0. The molecule has 2 amide bonds. The summed E-state index contributed by atoms with van der Waals surface area (Å²) in [5.41, 5.74) is -0.531. The lowest BCUT2D eigenvalue weighted by Gasteiger charge is -2.28. The van der Waals surface area contributed by atoms with Crippen LogP contribution >= 0.6 is 0 Å². The molecular formula is C18H26N2O4. The van der Waals surface area contributed by atoms with E-state index in [1.54, 1.807) is 25.7 Å². The largest absolute Gasteiger partial charge is 0.444 e. The Morgan fingerprint density at radius 2 is 1.88 bits per heavy atom. The Morgan fingerprint density at radius 3 is 2.38 bits per heavy atom. The van der Waals surface area contributed by atoms with Gasteiger partial charge in [-0.2, -0.15) is 0 Å². The van der Waals surface area contributed by atoms with Crippen LogP contribution in [0, 0.1) is 0 Å². The van der Waals surface area contributed by atoms with E-state index in [-0.39, 0.29) is 19.1 Å². The Morgan fingerprint density at radius 1 is 1.25 bits per heavy atom. The van der Waals surface area contributed by atoms with E-state index in [1.165, 1.54) is 0 Å². The standard InChI is InChI=1S/C18H26N2O4/c1-17(2,3)24-16(23)19-18(9-10-18)15(22)20(11-12-21)13-14-7-5-4-6-8-14/h4-8,21H,9-13H2,1-3H3,(H,19,23). The molecule has 2 rings (SSSR count). The van der Waals surface area contributed by atoms with E-state index in [9.17, 15) is 14.7 Å². The number of aliphatic hydroxyl groups is 1. The van der Waals surface area contributed by atoms with Crippen molar-refractivity contribution in [3.8, 4) is 0 Å². The maximum absolute atomic E-state index is 12.9. The summed E-state index contributed by atoms with van der Waals surface area (Å²) in [6.07, 6.45) is 0.584. The molecule has 0 spiro atoms. The van der Waals surface area contributed by atoms with Gasteiger partial charge in [0, 0.05) is 13.1 Å². The SMILES string of the molecule is CC(C)(C)OC(=O)NC1(C(=O)N(CCO)Cc2ccccc2)CC1. The van der Waals surface area contributed by atoms with E-state index >= 15 is 0 Å². The van der Waals surface area contributed by atoms with Gasteiger partial charge in [0.2, 0.25) is 5.91 Å². The molecule has 6 heteroatoms. The molecule has 0 aliphatic heterocycles. The molecule has 1 aliphatic carbocycles. The zero-order chi connectivity index (χ0) is 17.8. The smallest absolute Gasteiger partial charge is 0.408 e. The summed E-state index contributed by atoms with van der Waals surface area (Å²) in [5.74, 6) is -0.175. The number of carbonyl (C=O) groups is 2. The second-order valence-corrected chi connectivity index (χ2v) is 7.14. The molecule has 24 heavy (non-hydrogen) atoms. The second kappa shape index (κ2) is 7.21. The third kappa shape index (κ3) is 4.96. The highest BCUT2D eigenvalue weighted by Gasteiger charge is 2.53. The van der Waals surface area contributed by atoms with Gasteiger partial charge in [-0.05, 0) is 39.2 Å². The van der Waals surface area contributed by atoms with Crippen LogP contribution in [0.2, 0.25) is 0 Å². The minimum absolute atomic E-state index is 0.124. The molecule has 1 fully saturated rings. The van der Waals surface area contributed by atoms with Crippen LogP contribution in [0.4, 0.5) is 4.79 Å². The number of alkyl carbamates (subject to hydrolysis) is 1. The molecule has 6 nitrogen and oxygen atoms in total. The number of carbonyl (C=O) groups excluding carboxylic acids is 2. The highest BCUT2D eigenvalue weighted by Crippen LogP contribution is 2.38. The van der Waals surface area contributed by atoms with Crippen LogP contribution in [0.5, 0.6) is 0 Å². The van der Waals surface area contributed by atoms with Gasteiger partial charge >= 0.3 is 6.09 Å². The van der Waals surface area contributed by atoms with Crippen LogP contribution in [-0.4, -0.2) is 46.3 Å². The first-order valence-corrected chi connectivity index (χ1v) is 8.21. The Labute approximate surface area is 142 Å². The lowest BCUT2D eigenvalue weighted by atomic mass is 10.1. The summed E-state index contributed by atoms with van der Waals surface area (Å²) >= 11 is 0. The van der Waals surface area contributed by atoms with Crippen LogP contribution in [0.1, 0.15) is 39.2 Å². The predicted molar refractivity (Wildman–Crippen MR) is 90.3 cm³/mol. The topological polar surface area (TPSA) is 78.9 Å². The van der Waals surface area contributed by atoms with Gasteiger partial charge in [-0.25, -0.2) is 4.79 Å². The van der Waals surface area contributed by atoms with Gasteiger partial charge in [-0.15, -0.1) is 0 Å². The fourth-order valence-electron chi connectivity index (χ4n) is 2.50. The lowest BCUT2D eigenvalue weighted by molar-refractivity contribution is -0.135. The number of hydrogen-bond acceptors (Lipinski definition) is 4. The summed E-state index contributed by atoms with van der Waals surface area (Å²) in [7, 11) is 0. The summed E-state index contributed by atoms with van der Waals surface area (Å²) in [6.45, 7) is 5.84. The fourth-order valence-corrected chi connectivity index (χ4v) is 2.50. The van der Waals surface area contributed by atoms with Gasteiger partial charge < -0.3 is 20.1 Å². The molecule has 0 unspecified atom stereocenters. The van der Waals surface area contributed by atoms with Gasteiger partial charge in [0.15, 0.2) is 0 Å². The number of rotatable bonds is 6. The van der Waals surface area contributed by atoms with Crippen LogP contribution in [-0.2, 0) is 16.1 Å². The quantitative estimate of drug-likeness (QED) is 0.835. The van der Waals surface area contributed by atoms with Crippen molar-refractivity contribution in [1.29, 1.82) is 0 Å². The molecular weight excluding hydrogens is 308 g/mol. The zero-order valence-corrected chi connectivity index (χ0v) is 14.5. The molecule has 1 aromatic carbocycles. The molecule has 0 radical (unpaired) electrons. The minimum atomic E-state index is -0.897. The highest BCUT2D eigenvalue weighted by atomic mass is 16.6. The van der Waals surface area contributed by atoms with E-state index in [1.807, 2.05) is 30.3 Å². The van der Waals surface area contributed by atoms with E-state index in [2.05, 4.69) is 5.32 Å². The molecule has 1 saturated carbocycles. The Kier molecular flexibility index (Phi) is 5.49. The maximum Gasteiger partial charge on any atom is 0.408 e. The zero-order valence-electron chi connectivity index (χ0n) is 14.5. The van der Waals surface area contributed by atoms with E-state index in [0.717, 1.165) is 5.56 Å². The van der Waals surface area contributed by atoms with Gasteiger partial charge in [0.1, 0.15) is 11.1 Å². The lowest BCUT2D eigenvalue weighted by Crippen LogP contribution is -2.52. The third-order valence-corrected chi connectivity index (χ3v) is 3.77. The Hall–Kier alpha value is -2.08. The van der Waals surface area contributed by atoms with Crippen LogP contribution in [0.3, 0.4) is 0 Å². The molecule has 132 valence electrons. The molecule has 1 aliphatic rings. The number of nitrogens with zero attached hydrogens (tertiary/aromatic N) is 1. The fraction of sp³-hybridized carbons (Fsp3) is 0.556. The number of nitrogens with one attached hydrogen (secondary N) is 1. The van der Waals surface area contributed by atoms with E-state index < -0.39 is 17.2 Å². The highest BCUT2D eigenvalue weighted by molar-refractivity contribution is 5.92. The number of hydrogen-bond donors (Lipinski definition) is 2. The van der Waals surface area contributed by atoms with Crippen molar-refractivity contribution in [3.05, 3.63) is 35.9 Å². The summed E-state index contributed by atoms with van der Waals surface area (Å²) in [4.78, 5) is 26.5. The average Bonchev–Trinajstić information content (AvgIpc) is 3.25. The molecule has 0 saturated heterocycles. The van der Waals surface area contributed by atoms with Crippen molar-refractivity contribution in [1.82, 2.24) is 10.2 Å². The van der Waals surface area contributed by atoms with Crippen molar-refractivity contribution in [2.75, 3.05) is 13.2 Å². The maximum atomic E-state index is 12.9. The molecule has 2 N–H and O–H groups in total. The van der Waals surface area contributed by atoms with Crippen LogP contribution < -0.4 is 5.32 Å². The van der Waals surface area contributed by atoms with Crippen LogP contribution in [0.25, 0.3) is 0 Å². The first-order chi connectivity index (χ1) is 11.3. The van der Waals surface area contributed by atoms with Crippen molar-refractivity contribution in [3.63, 3.8) is 0 Å². The Bertz CT molecular complexity index is 576. The minimum Gasteiger partial charge on any atom is -0.444 e. The van der Waals surface area contributed by atoms with Crippen molar-refractivity contribution in [2.24, 2.45) is 0 Å². The Balaban J connectivity index is 2.04. The van der Waals surface area contributed by atoms with E-state index in [0.29, 0.717) is 19.4 Å². The first-order valence-electron chi connectivity index (χ1n) is 8.21. The number of amides is 2. The van der Waals surface area contributed by atoms with Crippen molar-refractivity contribution in [2.45, 2.75) is 51.3 Å². The number of aliphatic hydroxyl groups excluding tert-OH is 1. The van der Waals surface area contributed by atoms with Crippen molar-refractivity contribution >= 4 is 12.0 Å². The average molecular weight is 334 g/mol. The van der Waals surface area contributed by atoms with Gasteiger partial charge in [-0.1, -0.05) is 30.3 Å². The molecule has 0 heterocycles. The third-order valence-electron chi connectivity index (χ3n) is 3.77. The summed E-state index contributed by atoms with van der Waals surface area (Å²) < 4.78 is 5.25. The first kappa shape index (κ1) is 18.3. The van der Waals surface area contributed by atoms with Crippen LogP contribution in [0.15, 0.2) is 30.3 Å². The van der Waals surface area contributed by atoms with E-state index in [4.69, 9.17) is 4.74 Å². The molecule has 0 aromatic heterocycles. The molecule has 1 aromatic rings. The second-order valence-electron chi connectivity index (χ2n) is 7.14. The van der Waals surface area contributed by atoms with Gasteiger partial charge in [0.05, 0.1) is 6.61 Å². The van der Waals surface area contributed by atoms with Crippen molar-refractivity contribution < 1.29 is 19.4 Å². The van der Waals surface area contributed by atoms with Gasteiger partial charge in [0.25, 0.3) is 0 Å². The number of ether oxygens (including phenoxy) is 1. The monoisotopic (exact) mass is 334 g/mol. The van der Waals surface area contributed by atoms with Gasteiger partial charge in [-0.3, -0.25) is 4.79 Å². The predicted octanol–water partition coefficient (Wildman–Crippen LogP) is 2.06. The normalized spacial score (nSPS) is 15.5. The molecule has 0 atom stereocenters. The molecule has 0 bridgehead atoms. The number of benzene rings is 1. The summed E-state index contributed by atoms with van der Waals surface area (Å²) in [6, 6.07) is 9.58.